The SMILES string of the molecule is Cc1ccc(C2OC=C(C(N)=O)N2c2cc3cn(C4CCCC4)nc3cc2C2CC2)cn1. The molecule has 2 aromatic heterocycles. The number of primary amides is 1. The van der Waals surface area contributed by atoms with Crippen LogP contribution in [0.1, 0.15) is 73.5 Å². The van der Waals surface area contributed by atoms with E-state index in [1.165, 1.54) is 37.5 Å². The average Bonchev–Trinajstić information content (AvgIpc) is 3.19. The molecule has 0 saturated heterocycles. The quantitative estimate of drug-likeness (QED) is 0.641. The van der Waals surface area contributed by atoms with E-state index in [-0.39, 0.29) is 0 Å². The number of nitrogens with zero attached hydrogens (tertiary/aromatic N) is 4. The van der Waals surface area contributed by atoms with Crippen LogP contribution in [0.4, 0.5) is 5.69 Å². The topological polar surface area (TPSA) is 86.3 Å². The summed E-state index contributed by atoms with van der Waals surface area (Å²) in [6, 6.07) is 8.79. The van der Waals surface area contributed by atoms with E-state index in [0.29, 0.717) is 17.7 Å². The van der Waals surface area contributed by atoms with Crippen LogP contribution in [-0.4, -0.2) is 20.7 Å². The first-order chi connectivity index (χ1) is 15.6. The molecule has 1 atom stereocenters. The van der Waals surface area contributed by atoms with Crippen LogP contribution in [0.15, 0.2) is 48.6 Å². The third-order valence-corrected chi connectivity index (χ3v) is 6.92. The number of aromatic nitrogens is 3. The number of fused-ring (bicyclic) bond motifs is 1. The fourth-order valence-electron chi connectivity index (χ4n) is 5.04. The lowest BCUT2D eigenvalue weighted by atomic mass is 10.0. The van der Waals surface area contributed by atoms with Gasteiger partial charge in [0.15, 0.2) is 0 Å². The molecule has 1 amide bonds. The Morgan fingerprint density at radius 1 is 1.16 bits per heavy atom. The Kier molecular flexibility index (Phi) is 4.45. The molecule has 0 bridgehead atoms. The van der Waals surface area contributed by atoms with Crippen LogP contribution in [0.2, 0.25) is 0 Å². The first-order valence-corrected chi connectivity index (χ1v) is 11.5. The molecule has 0 spiro atoms. The van der Waals surface area contributed by atoms with Crippen molar-refractivity contribution in [2.75, 3.05) is 4.90 Å². The van der Waals surface area contributed by atoms with Gasteiger partial charge in [0.05, 0.1) is 11.6 Å². The fourth-order valence-corrected chi connectivity index (χ4v) is 5.04. The zero-order chi connectivity index (χ0) is 21.8. The number of pyridine rings is 1. The van der Waals surface area contributed by atoms with Gasteiger partial charge in [0.1, 0.15) is 12.0 Å². The molecule has 0 radical (unpaired) electrons. The van der Waals surface area contributed by atoms with Crippen molar-refractivity contribution in [3.05, 3.63) is 65.4 Å². The second-order valence-electron chi connectivity index (χ2n) is 9.25. The Balaban J connectivity index is 1.48. The number of nitrogens with two attached hydrogens (primary N) is 1. The van der Waals surface area contributed by atoms with Crippen LogP contribution >= 0.6 is 0 Å². The van der Waals surface area contributed by atoms with E-state index < -0.39 is 12.1 Å². The molecular formula is C25H27N5O2. The van der Waals surface area contributed by atoms with Crippen molar-refractivity contribution in [1.82, 2.24) is 14.8 Å². The standard InChI is InChI=1S/C25H27N5O2/c1-15-6-7-17(12-27-15)25-30(23(14-32-25)24(26)31)22-10-18-13-29(19-4-2-3-5-19)28-21(18)11-20(22)16-8-9-16/h6-7,10-14,16,19,25H,2-5,8-9H2,1H3,(H2,26,31). The molecule has 7 nitrogen and oxygen atoms in total. The summed E-state index contributed by atoms with van der Waals surface area (Å²) in [7, 11) is 0. The maximum Gasteiger partial charge on any atom is 0.268 e. The minimum absolute atomic E-state index is 0.361. The number of hydrogen-bond donors (Lipinski definition) is 1. The van der Waals surface area contributed by atoms with E-state index in [1.807, 2.05) is 24.0 Å². The second kappa shape index (κ2) is 7.36. The van der Waals surface area contributed by atoms with E-state index in [2.05, 4.69) is 28.0 Å². The van der Waals surface area contributed by atoms with Crippen molar-refractivity contribution < 1.29 is 9.53 Å². The highest BCUT2D eigenvalue weighted by Gasteiger charge is 2.38. The van der Waals surface area contributed by atoms with Gasteiger partial charge in [-0.3, -0.25) is 19.4 Å². The Morgan fingerprint density at radius 2 is 1.97 bits per heavy atom. The zero-order valence-corrected chi connectivity index (χ0v) is 18.2. The van der Waals surface area contributed by atoms with E-state index in [0.717, 1.165) is 40.7 Å². The Hall–Kier alpha value is -3.35. The summed E-state index contributed by atoms with van der Waals surface area (Å²) in [6.07, 6.45) is 12.2. The molecular weight excluding hydrogens is 402 g/mol. The van der Waals surface area contributed by atoms with Crippen LogP contribution in [0.3, 0.4) is 0 Å². The summed E-state index contributed by atoms with van der Waals surface area (Å²) in [5.74, 6) is -0.0337. The van der Waals surface area contributed by atoms with Gasteiger partial charge < -0.3 is 10.5 Å². The third-order valence-electron chi connectivity index (χ3n) is 6.92. The van der Waals surface area contributed by atoms with Crippen molar-refractivity contribution in [1.29, 1.82) is 0 Å². The van der Waals surface area contributed by atoms with Gasteiger partial charge in [-0.1, -0.05) is 18.9 Å². The molecule has 2 fully saturated rings. The summed E-state index contributed by atoms with van der Waals surface area (Å²) in [5.41, 5.74) is 11.1. The molecule has 3 aromatic rings. The maximum absolute atomic E-state index is 12.4. The zero-order valence-electron chi connectivity index (χ0n) is 18.2. The summed E-state index contributed by atoms with van der Waals surface area (Å²) >= 11 is 0. The van der Waals surface area contributed by atoms with Gasteiger partial charge in [0, 0.05) is 34.7 Å². The summed E-state index contributed by atoms with van der Waals surface area (Å²) < 4.78 is 8.12. The monoisotopic (exact) mass is 429 g/mol. The smallest absolute Gasteiger partial charge is 0.268 e. The van der Waals surface area contributed by atoms with Crippen LogP contribution in [0, 0.1) is 6.92 Å². The molecule has 1 aromatic carbocycles. The highest BCUT2D eigenvalue weighted by Crippen LogP contribution is 2.49. The van der Waals surface area contributed by atoms with Gasteiger partial charge in [-0.25, -0.2) is 0 Å². The van der Waals surface area contributed by atoms with Crippen molar-refractivity contribution in [3.63, 3.8) is 0 Å². The molecule has 2 aliphatic carbocycles. The first kappa shape index (κ1) is 19.3. The number of rotatable bonds is 5. The highest BCUT2D eigenvalue weighted by atomic mass is 16.5. The molecule has 3 heterocycles. The Labute approximate surface area is 186 Å². The van der Waals surface area contributed by atoms with Crippen LogP contribution in [-0.2, 0) is 9.53 Å². The number of aryl methyl sites for hydroxylation is 1. The van der Waals surface area contributed by atoms with Crippen LogP contribution in [0.5, 0.6) is 0 Å². The number of ether oxygens (including phenoxy) is 1. The lowest BCUT2D eigenvalue weighted by Gasteiger charge is -2.29. The number of carbonyl (C=O) groups excluding carboxylic acids is 1. The molecule has 1 unspecified atom stereocenters. The number of anilines is 1. The molecule has 1 aliphatic heterocycles. The minimum atomic E-state index is -0.504. The van der Waals surface area contributed by atoms with Crippen LogP contribution < -0.4 is 10.6 Å². The van der Waals surface area contributed by atoms with Gasteiger partial charge >= 0.3 is 0 Å². The number of hydrogen-bond acceptors (Lipinski definition) is 5. The second-order valence-corrected chi connectivity index (χ2v) is 9.25. The highest BCUT2D eigenvalue weighted by molar-refractivity contribution is 5.98. The summed E-state index contributed by atoms with van der Waals surface area (Å²) in [5, 5.41) is 6.00. The molecule has 32 heavy (non-hydrogen) atoms. The lowest BCUT2D eigenvalue weighted by molar-refractivity contribution is -0.114. The normalized spacial score (nSPS) is 21.2. The fraction of sp³-hybridized carbons (Fsp3) is 0.400. The van der Waals surface area contributed by atoms with Crippen molar-refractivity contribution in [2.24, 2.45) is 5.73 Å². The van der Waals surface area contributed by atoms with Crippen LogP contribution in [0.25, 0.3) is 10.9 Å². The van der Waals surface area contributed by atoms with Gasteiger partial charge in [-0.05, 0) is 62.3 Å². The predicted octanol–water partition coefficient (Wildman–Crippen LogP) is 4.59. The van der Waals surface area contributed by atoms with E-state index in [9.17, 15) is 4.79 Å². The molecule has 6 rings (SSSR count). The number of carbonyl (C=O) groups is 1. The maximum atomic E-state index is 12.4. The predicted molar refractivity (Wildman–Crippen MR) is 122 cm³/mol. The third kappa shape index (κ3) is 3.23. The number of benzene rings is 1. The Morgan fingerprint density at radius 3 is 2.66 bits per heavy atom. The van der Waals surface area contributed by atoms with Gasteiger partial charge in [0.2, 0.25) is 6.23 Å². The van der Waals surface area contributed by atoms with E-state index >= 15 is 0 Å². The molecule has 164 valence electrons. The van der Waals surface area contributed by atoms with Crippen molar-refractivity contribution in [3.8, 4) is 0 Å². The molecule has 7 heteroatoms. The largest absolute Gasteiger partial charge is 0.471 e. The van der Waals surface area contributed by atoms with Crippen molar-refractivity contribution >= 4 is 22.5 Å². The summed E-state index contributed by atoms with van der Waals surface area (Å²) in [6.45, 7) is 1.95. The van der Waals surface area contributed by atoms with E-state index in [1.54, 1.807) is 6.20 Å². The van der Waals surface area contributed by atoms with Crippen molar-refractivity contribution in [2.45, 2.75) is 63.6 Å². The molecule has 3 aliphatic rings. The summed E-state index contributed by atoms with van der Waals surface area (Å²) in [4.78, 5) is 18.7. The molecule has 2 N–H and O–H groups in total. The molecule has 2 saturated carbocycles. The van der Waals surface area contributed by atoms with Gasteiger partial charge in [-0.2, -0.15) is 5.10 Å². The number of amides is 1. The first-order valence-electron chi connectivity index (χ1n) is 11.5. The lowest BCUT2D eigenvalue weighted by Crippen LogP contribution is -2.31. The minimum Gasteiger partial charge on any atom is -0.471 e. The average molecular weight is 430 g/mol. The van der Waals surface area contributed by atoms with E-state index in [4.69, 9.17) is 15.6 Å². The van der Waals surface area contributed by atoms with Gasteiger partial charge in [-0.15, -0.1) is 0 Å². The Bertz CT molecular complexity index is 1220. The van der Waals surface area contributed by atoms with Gasteiger partial charge in [0.25, 0.3) is 5.91 Å².